The molecule has 3 aromatic carbocycles. The first-order valence-corrected chi connectivity index (χ1v) is 15.3. The lowest BCUT2D eigenvalue weighted by Gasteiger charge is -2.12. The van der Waals surface area contributed by atoms with Gasteiger partial charge in [-0.05, 0) is 89.3 Å². The third-order valence-corrected chi connectivity index (χ3v) is 8.65. The van der Waals surface area contributed by atoms with E-state index in [4.69, 9.17) is 4.74 Å². The predicted octanol–water partition coefficient (Wildman–Crippen LogP) is 6.26. The Bertz CT molecular complexity index is 1480. The molecule has 0 unspecified atom stereocenters. The standard InChI is InChI=1S/C29H31IN2O4S/c1-21(33)32-28-9-4-3-8-26(28)27(29(32)23-12-14-24(36-2)15-13-23)18-20-31-37(34,35)25-16-10-22(11-17-25)7-5-6-19-30/h3-4,8-17,31H,5-7,18-20H2,1-2H3. The summed E-state index contributed by atoms with van der Waals surface area (Å²) in [5.74, 6) is 0.618. The number of rotatable bonds is 11. The molecule has 0 aliphatic heterocycles. The van der Waals surface area contributed by atoms with Gasteiger partial charge in [0, 0.05) is 18.9 Å². The fraction of sp³-hybridized carbons (Fsp3) is 0.276. The minimum atomic E-state index is -3.66. The Kier molecular flexibility index (Phi) is 9.04. The summed E-state index contributed by atoms with van der Waals surface area (Å²) in [4.78, 5) is 13.0. The quantitative estimate of drug-likeness (QED) is 0.121. The van der Waals surface area contributed by atoms with Gasteiger partial charge in [-0.15, -0.1) is 0 Å². The zero-order valence-corrected chi connectivity index (χ0v) is 24.0. The zero-order valence-electron chi connectivity index (χ0n) is 21.0. The maximum Gasteiger partial charge on any atom is 0.240 e. The lowest BCUT2D eigenvalue weighted by Crippen LogP contribution is -2.26. The number of nitrogens with one attached hydrogen (secondary N) is 1. The molecule has 6 nitrogen and oxygen atoms in total. The molecule has 0 aliphatic rings. The summed E-state index contributed by atoms with van der Waals surface area (Å²) in [6.45, 7) is 1.74. The number of carbonyl (C=O) groups excluding carboxylic acids is 1. The number of halogens is 1. The molecule has 4 rings (SSSR count). The second-order valence-corrected chi connectivity index (χ2v) is 11.7. The first-order valence-electron chi connectivity index (χ1n) is 12.3. The molecule has 8 heteroatoms. The molecular weight excluding hydrogens is 599 g/mol. The minimum absolute atomic E-state index is 0.104. The summed E-state index contributed by atoms with van der Waals surface area (Å²) in [7, 11) is -2.05. The maximum atomic E-state index is 13.0. The molecule has 0 saturated heterocycles. The van der Waals surface area contributed by atoms with Crippen LogP contribution in [0.4, 0.5) is 0 Å². The van der Waals surface area contributed by atoms with E-state index in [0.717, 1.165) is 62.7 Å². The Balaban J connectivity index is 1.60. The van der Waals surface area contributed by atoms with Crippen molar-refractivity contribution in [3.63, 3.8) is 0 Å². The van der Waals surface area contributed by atoms with Gasteiger partial charge in [0.15, 0.2) is 0 Å². The molecule has 0 fully saturated rings. The van der Waals surface area contributed by atoms with Crippen molar-refractivity contribution in [2.45, 2.75) is 37.5 Å². The van der Waals surface area contributed by atoms with Gasteiger partial charge in [-0.2, -0.15) is 0 Å². The van der Waals surface area contributed by atoms with Gasteiger partial charge in [0.05, 0.1) is 23.2 Å². The van der Waals surface area contributed by atoms with E-state index >= 15 is 0 Å². The average Bonchev–Trinajstić information content (AvgIpc) is 3.24. The highest BCUT2D eigenvalue weighted by Crippen LogP contribution is 2.35. The third kappa shape index (κ3) is 6.25. The smallest absolute Gasteiger partial charge is 0.240 e. The maximum absolute atomic E-state index is 13.0. The average molecular weight is 631 g/mol. The van der Waals surface area contributed by atoms with Crippen molar-refractivity contribution in [1.82, 2.24) is 9.29 Å². The van der Waals surface area contributed by atoms with Gasteiger partial charge in [0.2, 0.25) is 15.9 Å². The second-order valence-electron chi connectivity index (χ2n) is 8.87. The van der Waals surface area contributed by atoms with Crippen LogP contribution in [-0.2, 0) is 22.9 Å². The molecule has 37 heavy (non-hydrogen) atoms. The van der Waals surface area contributed by atoms with E-state index in [0.29, 0.717) is 6.42 Å². The number of carbonyl (C=O) groups is 1. The Morgan fingerprint density at radius 2 is 1.65 bits per heavy atom. The Labute approximate surface area is 232 Å². The highest BCUT2D eigenvalue weighted by atomic mass is 127. The molecule has 1 heterocycles. The van der Waals surface area contributed by atoms with Crippen molar-refractivity contribution in [2.75, 3.05) is 18.1 Å². The lowest BCUT2D eigenvalue weighted by atomic mass is 10.0. The second kappa shape index (κ2) is 12.2. The number of benzene rings is 3. The number of hydrogen-bond donors (Lipinski definition) is 1. The van der Waals surface area contributed by atoms with Crippen molar-refractivity contribution in [1.29, 1.82) is 0 Å². The first-order chi connectivity index (χ1) is 17.9. The van der Waals surface area contributed by atoms with Gasteiger partial charge in [-0.1, -0.05) is 52.9 Å². The molecule has 0 aliphatic carbocycles. The summed E-state index contributed by atoms with van der Waals surface area (Å²) >= 11 is 2.37. The van der Waals surface area contributed by atoms with Crippen LogP contribution in [0.15, 0.2) is 77.7 Å². The van der Waals surface area contributed by atoms with Gasteiger partial charge in [0.1, 0.15) is 5.75 Å². The summed E-state index contributed by atoms with van der Waals surface area (Å²) in [5.41, 5.74) is 4.50. The Hall–Kier alpha value is -2.69. The Morgan fingerprint density at radius 3 is 2.30 bits per heavy atom. The topological polar surface area (TPSA) is 77.4 Å². The number of aryl methyl sites for hydroxylation is 1. The minimum Gasteiger partial charge on any atom is -0.497 e. The molecule has 1 aromatic heterocycles. The number of ether oxygens (including phenoxy) is 1. The van der Waals surface area contributed by atoms with Gasteiger partial charge in [0.25, 0.3) is 0 Å². The van der Waals surface area contributed by atoms with Gasteiger partial charge >= 0.3 is 0 Å². The largest absolute Gasteiger partial charge is 0.497 e. The normalized spacial score (nSPS) is 11.6. The van der Waals surface area contributed by atoms with Crippen LogP contribution in [0.5, 0.6) is 5.75 Å². The van der Waals surface area contributed by atoms with E-state index in [2.05, 4.69) is 27.3 Å². The van der Waals surface area contributed by atoms with Gasteiger partial charge < -0.3 is 4.74 Å². The molecule has 0 atom stereocenters. The summed E-state index contributed by atoms with van der Waals surface area (Å²) < 4.78 is 36.9. The van der Waals surface area contributed by atoms with E-state index < -0.39 is 10.0 Å². The summed E-state index contributed by atoms with van der Waals surface area (Å²) in [5, 5.41) is 0.929. The van der Waals surface area contributed by atoms with E-state index in [1.54, 1.807) is 23.8 Å². The first kappa shape index (κ1) is 27.3. The molecule has 0 spiro atoms. The number of aromatic nitrogens is 1. The molecule has 0 bridgehead atoms. The van der Waals surface area contributed by atoms with Crippen molar-refractivity contribution in [2.24, 2.45) is 0 Å². The molecule has 0 amide bonds. The monoisotopic (exact) mass is 630 g/mol. The van der Waals surface area contributed by atoms with E-state index in [9.17, 15) is 13.2 Å². The van der Waals surface area contributed by atoms with Gasteiger partial charge in [-0.3, -0.25) is 9.36 Å². The molecule has 1 N–H and O–H groups in total. The number of nitrogens with zero attached hydrogens (tertiary/aromatic N) is 1. The van der Waals surface area contributed by atoms with Crippen molar-refractivity contribution >= 4 is 49.4 Å². The number of methoxy groups -OCH3 is 1. The van der Waals surface area contributed by atoms with Crippen LogP contribution in [0.3, 0.4) is 0 Å². The van der Waals surface area contributed by atoms with Crippen molar-refractivity contribution < 1.29 is 17.9 Å². The fourth-order valence-electron chi connectivity index (χ4n) is 4.59. The summed E-state index contributed by atoms with van der Waals surface area (Å²) in [6, 6.07) is 22.4. The number of hydrogen-bond acceptors (Lipinski definition) is 4. The molecule has 0 saturated carbocycles. The SMILES string of the molecule is COc1ccc(-c2c(CCNS(=O)(=O)c3ccc(CCCCI)cc3)c3ccccc3n2C(C)=O)cc1. The predicted molar refractivity (Wildman–Crippen MR) is 157 cm³/mol. The molecule has 194 valence electrons. The number of unbranched alkanes of at least 4 members (excludes halogenated alkanes) is 1. The number of sulfonamides is 1. The van der Waals surface area contributed by atoms with Crippen LogP contribution >= 0.6 is 22.6 Å². The van der Waals surface area contributed by atoms with Crippen molar-refractivity contribution in [3.8, 4) is 17.0 Å². The Morgan fingerprint density at radius 1 is 0.946 bits per heavy atom. The van der Waals surface area contributed by atoms with Gasteiger partial charge in [-0.25, -0.2) is 13.1 Å². The molecular formula is C29H31IN2O4S. The van der Waals surface area contributed by atoms with Crippen LogP contribution < -0.4 is 9.46 Å². The molecule has 4 aromatic rings. The zero-order chi connectivity index (χ0) is 26.4. The number of para-hydroxylation sites is 1. The molecule has 0 radical (unpaired) electrons. The fourth-order valence-corrected chi connectivity index (χ4v) is 6.16. The van der Waals surface area contributed by atoms with E-state index in [1.165, 1.54) is 6.92 Å². The van der Waals surface area contributed by atoms with Crippen LogP contribution in [0, 0.1) is 0 Å². The number of alkyl halides is 1. The number of fused-ring (bicyclic) bond motifs is 1. The lowest BCUT2D eigenvalue weighted by molar-refractivity contribution is 0.0943. The van der Waals surface area contributed by atoms with E-state index in [1.807, 2.05) is 60.7 Å². The highest BCUT2D eigenvalue weighted by Gasteiger charge is 2.21. The van der Waals surface area contributed by atoms with Crippen molar-refractivity contribution in [3.05, 3.63) is 83.9 Å². The highest BCUT2D eigenvalue weighted by molar-refractivity contribution is 14.1. The van der Waals surface area contributed by atoms with E-state index in [-0.39, 0.29) is 17.3 Å². The van der Waals surface area contributed by atoms with Crippen LogP contribution in [0.25, 0.3) is 22.2 Å². The van der Waals surface area contributed by atoms with Crippen LogP contribution in [0.2, 0.25) is 0 Å². The van der Waals surface area contributed by atoms with Crippen LogP contribution in [0.1, 0.15) is 35.7 Å². The third-order valence-electron chi connectivity index (χ3n) is 6.41. The van der Waals surface area contributed by atoms with Crippen LogP contribution in [-0.4, -0.2) is 37.0 Å². The summed E-state index contributed by atoms with van der Waals surface area (Å²) in [6.07, 6.45) is 3.62.